The van der Waals surface area contributed by atoms with E-state index in [2.05, 4.69) is 23.4 Å². The molecule has 0 bridgehead atoms. The number of aromatic carboxylic acids is 1. The van der Waals surface area contributed by atoms with Crippen LogP contribution in [-0.4, -0.2) is 20.6 Å². The number of fused-ring (bicyclic) bond motifs is 1. The van der Waals surface area contributed by atoms with E-state index in [1.54, 1.807) is 18.5 Å². The minimum absolute atomic E-state index is 0.272. The number of pyridine rings is 1. The molecule has 0 fully saturated rings. The van der Waals surface area contributed by atoms with Gasteiger partial charge in [-0.3, -0.25) is 4.98 Å². The Hall–Kier alpha value is -2.62. The number of hydrogen-bond donors (Lipinski definition) is 1. The highest BCUT2D eigenvalue weighted by Crippen LogP contribution is 2.30. The number of carbonyl (C=O) groups is 1. The van der Waals surface area contributed by atoms with Crippen LogP contribution in [0.5, 0.6) is 0 Å². The molecule has 106 valence electrons. The molecule has 0 aliphatic heterocycles. The normalized spacial score (nSPS) is 11.2. The lowest BCUT2D eigenvalue weighted by atomic mass is 10.0. The Kier molecular flexibility index (Phi) is 3.22. The molecule has 3 aromatic rings. The van der Waals surface area contributed by atoms with E-state index < -0.39 is 5.97 Å². The van der Waals surface area contributed by atoms with E-state index in [-0.39, 0.29) is 6.04 Å². The Labute approximate surface area is 122 Å². The Morgan fingerprint density at radius 1 is 1.24 bits per heavy atom. The van der Waals surface area contributed by atoms with Gasteiger partial charge in [0.2, 0.25) is 0 Å². The van der Waals surface area contributed by atoms with Gasteiger partial charge in [0.1, 0.15) is 0 Å². The summed E-state index contributed by atoms with van der Waals surface area (Å²) in [5.41, 5.74) is 3.04. The fourth-order valence-electron chi connectivity index (χ4n) is 2.59. The molecule has 0 radical (unpaired) electrons. The van der Waals surface area contributed by atoms with Crippen LogP contribution in [0.2, 0.25) is 0 Å². The summed E-state index contributed by atoms with van der Waals surface area (Å²) in [4.78, 5) is 15.7. The molecule has 3 rings (SSSR count). The van der Waals surface area contributed by atoms with Gasteiger partial charge in [0, 0.05) is 41.1 Å². The lowest BCUT2D eigenvalue weighted by molar-refractivity contribution is 0.0699. The second kappa shape index (κ2) is 5.05. The first-order valence-corrected chi connectivity index (χ1v) is 6.86. The van der Waals surface area contributed by atoms with Crippen molar-refractivity contribution in [2.75, 3.05) is 0 Å². The molecule has 0 aliphatic carbocycles. The predicted octanol–water partition coefficient (Wildman–Crippen LogP) is 3.98. The third kappa shape index (κ3) is 2.29. The van der Waals surface area contributed by atoms with Crippen molar-refractivity contribution < 1.29 is 9.90 Å². The van der Waals surface area contributed by atoms with Gasteiger partial charge in [0.05, 0.1) is 5.56 Å². The fourth-order valence-corrected chi connectivity index (χ4v) is 2.59. The average molecular weight is 280 g/mol. The third-order valence-electron chi connectivity index (χ3n) is 3.62. The Morgan fingerprint density at radius 2 is 2.05 bits per heavy atom. The molecule has 4 nitrogen and oxygen atoms in total. The van der Waals surface area contributed by atoms with Gasteiger partial charge in [-0.05, 0) is 43.7 Å². The van der Waals surface area contributed by atoms with Crippen LogP contribution in [0.15, 0.2) is 48.9 Å². The fraction of sp³-hybridized carbons (Fsp3) is 0.176. The maximum Gasteiger partial charge on any atom is 0.336 e. The molecule has 0 spiro atoms. The topological polar surface area (TPSA) is 55.1 Å². The van der Waals surface area contributed by atoms with Crippen LogP contribution >= 0.6 is 0 Å². The largest absolute Gasteiger partial charge is 0.478 e. The van der Waals surface area contributed by atoms with Crippen LogP contribution < -0.4 is 0 Å². The van der Waals surface area contributed by atoms with Crippen molar-refractivity contribution in [3.8, 4) is 11.1 Å². The van der Waals surface area contributed by atoms with Gasteiger partial charge < -0.3 is 9.67 Å². The van der Waals surface area contributed by atoms with Crippen molar-refractivity contribution >= 4 is 16.9 Å². The van der Waals surface area contributed by atoms with Crippen molar-refractivity contribution in [3.05, 3.63) is 54.5 Å². The second-order valence-corrected chi connectivity index (χ2v) is 5.32. The van der Waals surface area contributed by atoms with Crippen molar-refractivity contribution in [2.24, 2.45) is 0 Å². The van der Waals surface area contributed by atoms with Gasteiger partial charge >= 0.3 is 5.97 Å². The van der Waals surface area contributed by atoms with E-state index in [9.17, 15) is 9.90 Å². The Balaban J connectivity index is 2.32. The minimum Gasteiger partial charge on any atom is -0.478 e. The molecular formula is C17H16N2O2. The SMILES string of the molecule is CC(C)n1ccc2c(C(=O)O)cc(-c3cccnc3)cc21. The zero-order valence-electron chi connectivity index (χ0n) is 11.9. The highest BCUT2D eigenvalue weighted by atomic mass is 16.4. The smallest absolute Gasteiger partial charge is 0.336 e. The molecule has 4 heteroatoms. The summed E-state index contributed by atoms with van der Waals surface area (Å²) in [6, 6.07) is 9.66. The first-order valence-electron chi connectivity index (χ1n) is 6.86. The monoisotopic (exact) mass is 280 g/mol. The van der Waals surface area contributed by atoms with E-state index in [4.69, 9.17) is 0 Å². The maximum atomic E-state index is 11.6. The highest BCUT2D eigenvalue weighted by molar-refractivity contribution is 6.05. The van der Waals surface area contributed by atoms with Crippen LogP contribution in [0, 0.1) is 0 Å². The summed E-state index contributed by atoms with van der Waals surface area (Å²) in [5, 5.41) is 10.2. The van der Waals surface area contributed by atoms with Gasteiger partial charge in [0.15, 0.2) is 0 Å². The number of aromatic nitrogens is 2. The van der Waals surface area contributed by atoms with E-state index in [1.807, 2.05) is 30.5 Å². The lowest BCUT2D eigenvalue weighted by Crippen LogP contribution is -2.01. The molecule has 1 N–H and O–H groups in total. The van der Waals surface area contributed by atoms with E-state index in [0.29, 0.717) is 5.56 Å². The van der Waals surface area contributed by atoms with Gasteiger partial charge in [-0.25, -0.2) is 4.79 Å². The molecule has 0 amide bonds. The van der Waals surface area contributed by atoms with Crippen LogP contribution in [0.4, 0.5) is 0 Å². The molecule has 21 heavy (non-hydrogen) atoms. The van der Waals surface area contributed by atoms with Gasteiger partial charge in [-0.15, -0.1) is 0 Å². The number of rotatable bonds is 3. The molecule has 1 aromatic carbocycles. The van der Waals surface area contributed by atoms with Crippen molar-refractivity contribution in [3.63, 3.8) is 0 Å². The maximum absolute atomic E-state index is 11.6. The summed E-state index contributed by atoms with van der Waals surface area (Å²) in [5.74, 6) is -0.910. The number of nitrogens with zero attached hydrogens (tertiary/aromatic N) is 2. The van der Waals surface area contributed by atoms with Crippen molar-refractivity contribution in [2.45, 2.75) is 19.9 Å². The van der Waals surface area contributed by atoms with Crippen LogP contribution in [-0.2, 0) is 0 Å². The summed E-state index contributed by atoms with van der Waals surface area (Å²) in [6.07, 6.45) is 5.39. The minimum atomic E-state index is -0.910. The van der Waals surface area contributed by atoms with E-state index >= 15 is 0 Å². The molecule has 0 saturated carbocycles. The summed E-state index contributed by atoms with van der Waals surface area (Å²) < 4.78 is 2.08. The molecule has 0 aliphatic rings. The van der Waals surface area contributed by atoms with Gasteiger partial charge in [-0.2, -0.15) is 0 Å². The zero-order valence-corrected chi connectivity index (χ0v) is 11.9. The summed E-state index contributed by atoms with van der Waals surface area (Å²) >= 11 is 0. The molecule has 0 saturated heterocycles. The predicted molar refractivity (Wildman–Crippen MR) is 82.5 cm³/mol. The first kappa shape index (κ1) is 13.4. The number of benzene rings is 1. The van der Waals surface area contributed by atoms with Gasteiger partial charge in [-0.1, -0.05) is 6.07 Å². The van der Waals surface area contributed by atoms with E-state index in [0.717, 1.165) is 22.0 Å². The standard InChI is InChI=1S/C17H16N2O2/c1-11(2)19-7-5-14-15(17(20)21)8-13(9-16(14)19)12-4-3-6-18-10-12/h3-11H,1-2H3,(H,20,21). The number of hydrogen-bond acceptors (Lipinski definition) is 2. The number of carboxylic acid groups (broad SMARTS) is 1. The molecule has 2 aromatic heterocycles. The Bertz CT molecular complexity index is 804. The lowest BCUT2D eigenvalue weighted by Gasteiger charge is -2.11. The van der Waals surface area contributed by atoms with Crippen molar-refractivity contribution in [1.29, 1.82) is 0 Å². The van der Waals surface area contributed by atoms with Gasteiger partial charge in [0.25, 0.3) is 0 Å². The molecule has 2 heterocycles. The molecule has 0 atom stereocenters. The zero-order chi connectivity index (χ0) is 15.0. The molecular weight excluding hydrogens is 264 g/mol. The highest BCUT2D eigenvalue weighted by Gasteiger charge is 2.15. The third-order valence-corrected chi connectivity index (χ3v) is 3.62. The summed E-state index contributed by atoms with van der Waals surface area (Å²) in [7, 11) is 0. The summed E-state index contributed by atoms with van der Waals surface area (Å²) in [6.45, 7) is 4.16. The second-order valence-electron chi connectivity index (χ2n) is 5.32. The van der Waals surface area contributed by atoms with Crippen molar-refractivity contribution in [1.82, 2.24) is 9.55 Å². The average Bonchev–Trinajstić information content (AvgIpc) is 2.90. The quantitative estimate of drug-likeness (QED) is 0.789. The first-order chi connectivity index (χ1) is 10.1. The van der Waals surface area contributed by atoms with Crippen LogP contribution in [0.1, 0.15) is 30.2 Å². The van der Waals surface area contributed by atoms with Crippen LogP contribution in [0.3, 0.4) is 0 Å². The number of carboxylic acids is 1. The Morgan fingerprint density at radius 3 is 2.67 bits per heavy atom. The van der Waals surface area contributed by atoms with E-state index in [1.165, 1.54) is 0 Å². The van der Waals surface area contributed by atoms with Crippen LogP contribution in [0.25, 0.3) is 22.0 Å². The molecule has 0 unspecified atom stereocenters.